The van der Waals surface area contributed by atoms with E-state index < -0.39 is 0 Å². The highest BCUT2D eigenvalue weighted by molar-refractivity contribution is 5.74. The SMILES string of the molecule is CCCCN(C)C(=O)N1CCN(Cc2ccccc2)CC1. The van der Waals surface area contributed by atoms with Crippen LogP contribution in [-0.2, 0) is 6.54 Å². The van der Waals surface area contributed by atoms with Crippen molar-refractivity contribution in [2.24, 2.45) is 0 Å². The molecule has 0 aromatic heterocycles. The van der Waals surface area contributed by atoms with Crippen LogP contribution in [0.2, 0.25) is 0 Å². The quantitative estimate of drug-likeness (QED) is 0.833. The summed E-state index contributed by atoms with van der Waals surface area (Å²) in [6.07, 6.45) is 2.21. The van der Waals surface area contributed by atoms with Gasteiger partial charge in [-0.3, -0.25) is 4.90 Å². The third-order valence-corrected chi connectivity index (χ3v) is 4.07. The molecule has 0 aliphatic carbocycles. The van der Waals surface area contributed by atoms with Crippen molar-refractivity contribution in [1.29, 1.82) is 0 Å². The fourth-order valence-corrected chi connectivity index (χ4v) is 2.67. The monoisotopic (exact) mass is 289 g/mol. The number of piperazine rings is 1. The summed E-state index contributed by atoms with van der Waals surface area (Å²) in [5, 5.41) is 0. The Labute approximate surface area is 128 Å². The Bertz CT molecular complexity index is 427. The van der Waals surface area contributed by atoms with E-state index in [4.69, 9.17) is 0 Å². The highest BCUT2D eigenvalue weighted by Crippen LogP contribution is 2.10. The average molecular weight is 289 g/mol. The molecule has 2 amide bonds. The summed E-state index contributed by atoms with van der Waals surface area (Å²) in [5.41, 5.74) is 1.34. The first-order chi connectivity index (χ1) is 10.2. The van der Waals surface area contributed by atoms with Crippen LogP contribution in [0.4, 0.5) is 4.79 Å². The van der Waals surface area contributed by atoms with Crippen LogP contribution in [0.3, 0.4) is 0 Å². The molecule has 0 saturated carbocycles. The predicted molar refractivity (Wildman–Crippen MR) is 86.2 cm³/mol. The van der Waals surface area contributed by atoms with Crippen molar-refractivity contribution in [2.75, 3.05) is 39.8 Å². The summed E-state index contributed by atoms with van der Waals surface area (Å²) in [4.78, 5) is 18.6. The Morgan fingerprint density at radius 3 is 2.43 bits per heavy atom. The lowest BCUT2D eigenvalue weighted by molar-refractivity contribution is 0.115. The van der Waals surface area contributed by atoms with Gasteiger partial charge in [0.15, 0.2) is 0 Å². The first-order valence-corrected chi connectivity index (χ1v) is 7.97. The molecule has 1 aromatic carbocycles. The molecule has 116 valence electrons. The number of carbonyl (C=O) groups is 1. The van der Waals surface area contributed by atoms with E-state index in [1.54, 1.807) is 0 Å². The van der Waals surface area contributed by atoms with E-state index in [1.165, 1.54) is 5.56 Å². The number of benzene rings is 1. The van der Waals surface area contributed by atoms with Gasteiger partial charge < -0.3 is 9.80 Å². The first kappa shape index (κ1) is 15.8. The van der Waals surface area contributed by atoms with Gasteiger partial charge in [-0.1, -0.05) is 43.7 Å². The van der Waals surface area contributed by atoms with E-state index in [-0.39, 0.29) is 6.03 Å². The summed E-state index contributed by atoms with van der Waals surface area (Å²) < 4.78 is 0. The van der Waals surface area contributed by atoms with Gasteiger partial charge in [0.1, 0.15) is 0 Å². The lowest BCUT2D eigenvalue weighted by atomic mass is 10.2. The summed E-state index contributed by atoms with van der Waals surface area (Å²) in [6.45, 7) is 7.59. The fourth-order valence-electron chi connectivity index (χ4n) is 2.67. The summed E-state index contributed by atoms with van der Waals surface area (Å²) in [5.74, 6) is 0. The molecule has 0 spiro atoms. The molecule has 1 aromatic rings. The smallest absolute Gasteiger partial charge is 0.319 e. The zero-order chi connectivity index (χ0) is 15.1. The van der Waals surface area contributed by atoms with Gasteiger partial charge in [-0.15, -0.1) is 0 Å². The number of carbonyl (C=O) groups excluding carboxylic acids is 1. The normalized spacial score (nSPS) is 16.0. The maximum Gasteiger partial charge on any atom is 0.319 e. The molecule has 1 aliphatic heterocycles. The Kier molecular flexibility index (Phi) is 6.05. The second-order valence-electron chi connectivity index (χ2n) is 5.81. The highest BCUT2D eigenvalue weighted by atomic mass is 16.2. The Morgan fingerprint density at radius 1 is 1.14 bits per heavy atom. The molecule has 0 radical (unpaired) electrons. The molecule has 21 heavy (non-hydrogen) atoms. The average Bonchev–Trinajstić information content (AvgIpc) is 2.53. The van der Waals surface area contributed by atoms with Crippen molar-refractivity contribution >= 4 is 6.03 Å². The zero-order valence-electron chi connectivity index (χ0n) is 13.3. The van der Waals surface area contributed by atoms with Crippen LogP contribution in [0, 0.1) is 0 Å². The number of hydrogen-bond donors (Lipinski definition) is 0. The van der Waals surface area contributed by atoms with Crippen molar-refractivity contribution in [3.05, 3.63) is 35.9 Å². The van der Waals surface area contributed by atoms with E-state index >= 15 is 0 Å². The number of urea groups is 1. The van der Waals surface area contributed by atoms with Crippen molar-refractivity contribution in [1.82, 2.24) is 14.7 Å². The van der Waals surface area contributed by atoms with Gasteiger partial charge in [-0.05, 0) is 12.0 Å². The largest absolute Gasteiger partial charge is 0.328 e. The Morgan fingerprint density at radius 2 is 1.81 bits per heavy atom. The standard InChI is InChI=1S/C17H27N3O/c1-3-4-10-18(2)17(21)20-13-11-19(12-14-20)15-16-8-6-5-7-9-16/h5-9H,3-4,10-15H2,1-2H3. The number of amides is 2. The van der Waals surface area contributed by atoms with Crippen molar-refractivity contribution in [3.63, 3.8) is 0 Å². The number of nitrogens with zero attached hydrogens (tertiary/aromatic N) is 3. The Hall–Kier alpha value is -1.55. The molecule has 1 fully saturated rings. The summed E-state index contributed by atoms with van der Waals surface area (Å²) >= 11 is 0. The van der Waals surface area contributed by atoms with E-state index in [1.807, 2.05) is 22.9 Å². The maximum atomic E-state index is 12.3. The minimum atomic E-state index is 0.183. The van der Waals surface area contributed by atoms with Crippen LogP contribution in [-0.4, -0.2) is 60.5 Å². The molecular weight excluding hydrogens is 262 g/mol. The Balaban J connectivity index is 1.76. The summed E-state index contributed by atoms with van der Waals surface area (Å²) in [7, 11) is 1.91. The van der Waals surface area contributed by atoms with E-state index in [0.717, 1.165) is 52.1 Å². The number of unbranched alkanes of at least 4 members (excludes halogenated alkanes) is 1. The van der Waals surface area contributed by atoms with E-state index in [0.29, 0.717) is 0 Å². The molecule has 4 nitrogen and oxygen atoms in total. The predicted octanol–water partition coefficient (Wildman–Crippen LogP) is 2.66. The van der Waals surface area contributed by atoms with Gasteiger partial charge in [-0.25, -0.2) is 4.79 Å². The molecule has 1 saturated heterocycles. The van der Waals surface area contributed by atoms with Gasteiger partial charge >= 0.3 is 6.03 Å². The molecular formula is C17H27N3O. The maximum absolute atomic E-state index is 12.3. The lowest BCUT2D eigenvalue weighted by Crippen LogP contribution is -2.51. The molecule has 0 bridgehead atoms. The molecule has 1 aliphatic rings. The third kappa shape index (κ3) is 4.74. The van der Waals surface area contributed by atoms with Crippen LogP contribution >= 0.6 is 0 Å². The van der Waals surface area contributed by atoms with Crippen molar-refractivity contribution in [2.45, 2.75) is 26.3 Å². The van der Waals surface area contributed by atoms with Gasteiger partial charge in [0, 0.05) is 46.3 Å². The topological polar surface area (TPSA) is 26.8 Å². The second kappa shape index (κ2) is 8.03. The van der Waals surface area contributed by atoms with E-state index in [2.05, 4.69) is 36.1 Å². The summed E-state index contributed by atoms with van der Waals surface area (Å²) in [6, 6.07) is 10.7. The van der Waals surface area contributed by atoms with Gasteiger partial charge in [-0.2, -0.15) is 0 Å². The van der Waals surface area contributed by atoms with Crippen LogP contribution in [0.25, 0.3) is 0 Å². The number of hydrogen-bond acceptors (Lipinski definition) is 2. The minimum absolute atomic E-state index is 0.183. The molecule has 0 atom stereocenters. The lowest BCUT2D eigenvalue weighted by Gasteiger charge is -2.36. The van der Waals surface area contributed by atoms with Crippen LogP contribution < -0.4 is 0 Å². The first-order valence-electron chi connectivity index (χ1n) is 7.97. The molecule has 4 heteroatoms. The second-order valence-corrected chi connectivity index (χ2v) is 5.81. The molecule has 0 unspecified atom stereocenters. The zero-order valence-corrected chi connectivity index (χ0v) is 13.3. The van der Waals surface area contributed by atoms with Gasteiger partial charge in [0.25, 0.3) is 0 Å². The van der Waals surface area contributed by atoms with Crippen LogP contribution in [0.5, 0.6) is 0 Å². The minimum Gasteiger partial charge on any atom is -0.328 e. The molecule has 0 N–H and O–H groups in total. The molecule has 1 heterocycles. The van der Waals surface area contributed by atoms with Crippen LogP contribution in [0.15, 0.2) is 30.3 Å². The van der Waals surface area contributed by atoms with Gasteiger partial charge in [0.05, 0.1) is 0 Å². The highest BCUT2D eigenvalue weighted by Gasteiger charge is 2.23. The van der Waals surface area contributed by atoms with Crippen molar-refractivity contribution < 1.29 is 4.79 Å². The molecule has 2 rings (SSSR count). The fraction of sp³-hybridized carbons (Fsp3) is 0.588. The van der Waals surface area contributed by atoms with Crippen molar-refractivity contribution in [3.8, 4) is 0 Å². The number of rotatable bonds is 5. The third-order valence-electron chi connectivity index (χ3n) is 4.07. The van der Waals surface area contributed by atoms with Crippen LogP contribution in [0.1, 0.15) is 25.3 Å². The van der Waals surface area contributed by atoms with E-state index in [9.17, 15) is 4.79 Å². The van der Waals surface area contributed by atoms with Gasteiger partial charge in [0.2, 0.25) is 0 Å².